The molecule has 0 aromatic carbocycles. The minimum Gasteiger partial charge on any atom is -0.616 e. The lowest BCUT2D eigenvalue weighted by atomic mass is 10.9. The number of rotatable bonds is 29. The van der Waals surface area contributed by atoms with Crippen LogP contribution in [0, 0.1) is 0 Å². The Morgan fingerprint density at radius 1 is 0.513 bits per heavy atom. The summed E-state index contributed by atoms with van der Waals surface area (Å²) in [5.41, 5.74) is 0. The van der Waals surface area contributed by atoms with Crippen molar-refractivity contribution in [1.82, 2.24) is 0 Å². The predicted octanol–water partition coefficient (Wildman–Crippen LogP) is 5.15. The van der Waals surface area contributed by atoms with E-state index in [0.717, 1.165) is 49.8 Å². The Labute approximate surface area is 284 Å². The van der Waals surface area contributed by atoms with E-state index in [1.165, 1.54) is 35.3 Å². The molecule has 0 aliphatic carbocycles. The highest BCUT2D eigenvalue weighted by Gasteiger charge is 2.09. The SMILES string of the molecule is O=C(CSCSCC[S+]([O-])CSCSCSC(=O)CSCSCC(=O)SCCSCCO)SCCSCCO. The van der Waals surface area contributed by atoms with Crippen molar-refractivity contribution in [3.05, 3.63) is 0 Å². The Kier molecular flexibility index (Phi) is 36.7. The van der Waals surface area contributed by atoms with Crippen LogP contribution in [0.2, 0.25) is 0 Å². The van der Waals surface area contributed by atoms with Gasteiger partial charge in [0.25, 0.3) is 0 Å². The lowest BCUT2D eigenvalue weighted by Gasteiger charge is -2.10. The van der Waals surface area contributed by atoms with Crippen LogP contribution in [-0.2, 0) is 25.6 Å². The first-order valence-corrected chi connectivity index (χ1v) is 25.3. The summed E-state index contributed by atoms with van der Waals surface area (Å²) < 4.78 is 12.1. The standard InChI is InChI=1S/C21H38O6S12/c22-1-3-28-5-7-36-19(24)11-31-14-30-9-10-39(27)18-35-16-34-17-38-21(26)13-33-15-32-12-20(25)37-8-6-29-4-2-23/h22-23H,1-18H2. The molecule has 0 radical (unpaired) electrons. The average molecular weight is 771 g/mol. The molecule has 0 saturated carbocycles. The molecule has 0 fully saturated rings. The van der Waals surface area contributed by atoms with E-state index < -0.39 is 11.2 Å². The van der Waals surface area contributed by atoms with Crippen molar-refractivity contribution >= 4 is 156 Å². The van der Waals surface area contributed by atoms with Gasteiger partial charge in [-0.2, -0.15) is 23.5 Å². The fourth-order valence-corrected chi connectivity index (χ4v) is 14.9. The van der Waals surface area contributed by atoms with E-state index in [0.29, 0.717) is 38.9 Å². The fraction of sp³-hybridized carbons (Fsp3) is 0.857. The second-order valence-electron chi connectivity index (χ2n) is 6.72. The largest absolute Gasteiger partial charge is 0.616 e. The highest BCUT2D eigenvalue weighted by molar-refractivity contribution is 8.29. The second-order valence-corrected chi connectivity index (χ2v) is 21.9. The van der Waals surface area contributed by atoms with Crippen LogP contribution in [0.4, 0.5) is 0 Å². The Bertz CT molecular complexity index is 608. The van der Waals surface area contributed by atoms with Crippen molar-refractivity contribution in [1.29, 1.82) is 0 Å². The molecule has 18 heteroatoms. The van der Waals surface area contributed by atoms with E-state index in [1.807, 2.05) is 0 Å². The third-order valence-corrected chi connectivity index (χ3v) is 18.5. The maximum absolute atomic E-state index is 12.1. The minimum atomic E-state index is -0.856. The molecule has 0 saturated heterocycles. The first-order valence-electron chi connectivity index (χ1n) is 11.6. The van der Waals surface area contributed by atoms with Gasteiger partial charge >= 0.3 is 0 Å². The molecule has 0 aromatic heterocycles. The summed E-state index contributed by atoms with van der Waals surface area (Å²) in [5, 5.41) is 21.6. The fourth-order valence-electron chi connectivity index (χ4n) is 1.98. The number of carbonyl (C=O) groups is 3. The molecular formula is C21H38O6S12. The first kappa shape index (κ1) is 42.1. The van der Waals surface area contributed by atoms with Gasteiger partial charge in [0.2, 0.25) is 0 Å². The molecule has 0 aliphatic heterocycles. The molecular weight excluding hydrogens is 733 g/mol. The number of thioether (sulfide) groups is 11. The molecule has 0 spiro atoms. The van der Waals surface area contributed by atoms with E-state index in [9.17, 15) is 18.9 Å². The van der Waals surface area contributed by atoms with Gasteiger partial charge in [-0.15, -0.1) is 58.8 Å². The maximum atomic E-state index is 12.1. The monoisotopic (exact) mass is 770 g/mol. The Morgan fingerprint density at radius 2 is 1.00 bits per heavy atom. The number of aliphatic hydroxyl groups is 2. The molecule has 0 amide bonds. The van der Waals surface area contributed by atoms with Crippen LogP contribution in [0.25, 0.3) is 0 Å². The molecule has 230 valence electrons. The molecule has 0 aromatic rings. The van der Waals surface area contributed by atoms with Gasteiger partial charge in [0.1, 0.15) is 5.75 Å². The van der Waals surface area contributed by atoms with Crippen molar-refractivity contribution in [2.45, 2.75) is 0 Å². The molecule has 0 rings (SSSR count). The predicted molar refractivity (Wildman–Crippen MR) is 199 cm³/mol. The number of carbonyl (C=O) groups excluding carboxylic acids is 3. The van der Waals surface area contributed by atoms with E-state index in [-0.39, 0.29) is 28.6 Å². The van der Waals surface area contributed by atoms with Crippen LogP contribution in [-0.4, -0.2) is 132 Å². The molecule has 0 bridgehead atoms. The Hall–Kier alpha value is 3.09. The van der Waals surface area contributed by atoms with Crippen LogP contribution in [0.3, 0.4) is 0 Å². The third-order valence-electron chi connectivity index (χ3n) is 3.59. The highest BCUT2D eigenvalue weighted by atomic mass is 32.3. The molecule has 1 atom stereocenters. The van der Waals surface area contributed by atoms with E-state index in [1.54, 1.807) is 94.1 Å². The van der Waals surface area contributed by atoms with Gasteiger partial charge in [0.15, 0.2) is 20.4 Å². The third kappa shape index (κ3) is 33.8. The van der Waals surface area contributed by atoms with Crippen LogP contribution >= 0.6 is 129 Å². The van der Waals surface area contributed by atoms with E-state index >= 15 is 0 Å². The van der Waals surface area contributed by atoms with Crippen molar-refractivity contribution in [2.24, 2.45) is 0 Å². The minimum absolute atomic E-state index is 0.149. The van der Waals surface area contributed by atoms with Crippen LogP contribution < -0.4 is 0 Å². The summed E-state index contributed by atoms with van der Waals surface area (Å²) in [6.07, 6.45) is 0. The highest BCUT2D eigenvalue weighted by Crippen LogP contribution is 2.23. The van der Waals surface area contributed by atoms with Gasteiger partial charge in [-0.05, 0) is 11.2 Å². The van der Waals surface area contributed by atoms with E-state index in [2.05, 4.69) is 0 Å². The summed E-state index contributed by atoms with van der Waals surface area (Å²) in [5.74, 6) is 7.64. The van der Waals surface area contributed by atoms with Gasteiger partial charge in [0.05, 0.1) is 30.5 Å². The quantitative estimate of drug-likeness (QED) is 0.0593. The van der Waals surface area contributed by atoms with E-state index in [4.69, 9.17) is 10.2 Å². The van der Waals surface area contributed by atoms with Crippen LogP contribution in [0.5, 0.6) is 0 Å². The molecule has 1 unspecified atom stereocenters. The molecule has 0 aliphatic rings. The van der Waals surface area contributed by atoms with Gasteiger partial charge < -0.3 is 14.8 Å². The normalized spacial score (nSPS) is 12.1. The summed E-state index contributed by atoms with van der Waals surface area (Å²) in [4.78, 5) is 35.5. The van der Waals surface area contributed by atoms with Gasteiger partial charge in [0, 0.05) is 60.6 Å². The van der Waals surface area contributed by atoms with Crippen LogP contribution in [0.1, 0.15) is 0 Å². The first-order chi connectivity index (χ1) is 19.0. The summed E-state index contributed by atoms with van der Waals surface area (Å²) in [6.45, 7) is 0.356. The number of aliphatic hydroxyl groups excluding tert-OH is 2. The van der Waals surface area contributed by atoms with Crippen LogP contribution in [0.15, 0.2) is 0 Å². The zero-order valence-electron chi connectivity index (χ0n) is 21.7. The Morgan fingerprint density at radius 3 is 1.54 bits per heavy atom. The second kappa shape index (κ2) is 34.0. The zero-order valence-corrected chi connectivity index (χ0v) is 31.5. The smallest absolute Gasteiger partial charge is 0.199 e. The van der Waals surface area contributed by atoms with Crippen molar-refractivity contribution in [3.8, 4) is 0 Å². The molecule has 6 nitrogen and oxygen atoms in total. The summed E-state index contributed by atoms with van der Waals surface area (Å²) in [7, 11) is 0. The molecule has 39 heavy (non-hydrogen) atoms. The number of hydrogen-bond donors (Lipinski definition) is 2. The molecule has 2 N–H and O–H groups in total. The zero-order chi connectivity index (χ0) is 28.8. The van der Waals surface area contributed by atoms with Gasteiger partial charge in [-0.1, -0.05) is 47.0 Å². The Balaban J connectivity index is 3.41. The summed E-state index contributed by atoms with van der Waals surface area (Å²) >= 11 is 16.2. The van der Waals surface area contributed by atoms with Crippen molar-refractivity contribution < 1.29 is 29.1 Å². The molecule has 0 heterocycles. The topological polar surface area (TPSA) is 115 Å². The van der Waals surface area contributed by atoms with Crippen molar-refractivity contribution in [3.63, 3.8) is 0 Å². The lowest BCUT2D eigenvalue weighted by Crippen LogP contribution is -2.11. The summed E-state index contributed by atoms with van der Waals surface area (Å²) in [6, 6.07) is 0. The van der Waals surface area contributed by atoms with Gasteiger partial charge in [-0.3, -0.25) is 14.4 Å². The lowest BCUT2D eigenvalue weighted by molar-refractivity contribution is -0.109. The average Bonchev–Trinajstić information content (AvgIpc) is 2.92. The van der Waals surface area contributed by atoms with Gasteiger partial charge in [-0.25, -0.2) is 0 Å². The maximum Gasteiger partial charge on any atom is 0.199 e. The van der Waals surface area contributed by atoms with Crippen molar-refractivity contribution in [2.75, 3.05) is 102 Å². The number of hydrogen-bond acceptors (Lipinski definition) is 17.